The minimum atomic E-state index is 0.428. The van der Waals surface area contributed by atoms with Crippen LogP contribution in [-0.2, 0) is 0 Å². The van der Waals surface area contributed by atoms with Gasteiger partial charge in [0.15, 0.2) is 0 Å². The van der Waals surface area contributed by atoms with Crippen molar-refractivity contribution in [3.8, 4) is 0 Å². The van der Waals surface area contributed by atoms with E-state index in [2.05, 4.69) is 17.0 Å². The third-order valence-electron chi connectivity index (χ3n) is 2.29. The van der Waals surface area contributed by atoms with Crippen LogP contribution in [0.3, 0.4) is 0 Å². The Morgan fingerprint density at radius 2 is 2.45 bits per heavy atom. The summed E-state index contributed by atoms with van der Waals surface area (Å²) in [5.41, 5.74) is 5.60. The molecule has 2 rings (SSSR count). The van der Waals surface area contributed by atoms with Gasteiger partial charge in [-0.05, 0) is 25.7 Å². The van der Waals surface area contributed by atoms with Crippen LogP contribution in [0.5, 0.6) is 0 Å². The fourth-order valence-electron chi connectivity index (χ4n) is 1.35. The second-order valence-corrected chi connectivity index (χ2v) is 3.14. The van der Waals surface area contributed by atoms with E-state index in [1.165, 1.54) is 19.2 Å². The molecule has 0 unspecified atom stereocenters. The molecule has 4 heteroatoms. The number of nitrogens with zero attached hydrogens (tertiary/aromatic N) is 3. The molecule has 1 atom stereocenters. The third kappa shape index (κ3) is 1.08. The van der Waals surface area contributed by atoms with Crippen LogP contribution in [0.4, 0.5) is 5.95 Å². The van der Waals surface area contributed by atoms with Crippen LogP contribution >= 0.6 is 0 Å². The predicted octanol–water partition coefficient (Wildman–Crippen LogP) is 0.831. The minimum Gasteiger partial charge on any atom is -0.368 e. The van der Waals surface area contributed by atoms with E-state index in [-0.39, 0.29) is 0 Å². The van der Waals surface area contributed by atoms with Crippen LogP contribution in [0.25, 0.3) is 0 Å². The van der Waals surface area contributed by atoms with Crippen LogP contribution in [0.1, 0.15) is 25.8 Å². The SMILES string of the molecule is C[C@@H](C1CC1)n1ncnc1N. The molecular weight excluding hydrogens is 140 g/mol. The lowest BCUT2D eigenvalue weighted by atomic mass is 10.2. The number of aromatic nitrogens is 3. The molecule has 4 nitrogen and oxygen atoms in total. The average molecular weight is 152 g/mol. The zero-order valence-corrected chi connectivity index (χ0v) is 6.57. The fraction of sp³-hybridized carbons (Fsp3) is 0.714. The molecule has 0 saturated heterocycles. The molecule has 1 aliphatic carbocycles. The normalized spacial score (nSPS) is 20.1. The van der Waals surface area contributed by atoms with Crippen molar-refractivity contribution in [2.45, 2.75) is 25.8 Å². The number of anilines is 1. The van der Waals surface area contributed by atoms with Crippen LogP contribution in [-0.4, -0.2) is 14.8 Å². The number of nitrogen functional groups attached to an aromatic ring is 1. The first kappa shape index (κ1) is 6.64. The number of nitrogens with two attached hydrogens (primary N) is 1. The molecule has 0 radical (unpaired) electrons. The van der Waals surface area contributed by atoms with E-state index in [1.54, 1.807) is 4.68 Å². The first-order valence-electron chi connectivity index (χ1n) is 3.94. The Morgan fingerprint density at radius 1 is 1.73 bits per heavy atom. The topological polar surface area (TPSA) is 56.7 Å². The van der Waals surface area contributed by atoms with Gasteiger partial charge in [0.05, 0.1) is 6.04 Å². The zero-order chi connectivity index (χ0) is 7.84. The molecule has 1 aromatic rings. The van der Waals surface area contributed by atoms with Gasteiger partial charge in [0, 0.05) is 0 Å². The largest absolute Gasteiger partial charge is 0.368 e. The van der Waals surface area contributed by atoms with Gasteiger partial charge in [-0.2, -0.15) is 5.10 Å². The Hall–Kier alpha value is -1.06. The van der Waals surface area contributed by atoms with Crippen LogP contribution < -0.4 is 5.73 Å². The van der Waals surface area contributed by atoms with Crippen molar-refractivity contribution in [1.29, 1.82) is 0 Å². The summed E-state index contributed by atoms with van der Waals surface area (Å²) in [4.78, 5) is 3.88. The van der Waals surface area contributed by atoms with Gasteiger partial charge in [-0.1, -0.05) is 0 Å². The fourth-order valence-corrected chi connectivity index (χ4v) is 1.35. The molecule has 1 aromatic heterocycles. The summed E-state index contributed by atoms with van der Waals surface area (Å²) in [6, 6.07) is 0.428. The lowest BCUT2D eigenvalue weighted by molar-refractivity contribution is 0.445. The summed E-state index contributed by atoms with van der Waals surface area (Å²) in [5.74, 6) is 1.31. The molecule has 11 heavy (non-hydrogen) atoms. The highest BCUT2D eigenvalue weighted by Gasteiger charge is 2.30. The van der Waals surface area contributed by atoms with Crippen molar-refractivity contribution in [2.75, 3.05) is 5.73 Å². The number of rotatable bonds is 2. The van der Waals surface area contributed by atoms with Crippen molar-refractivity contribution in [1.82, 2.24) is 14.8 Å². The van der Waals surface area contributed by atoms with Crippen LogP contribution in [0.15, 0.2) is 6.33 Å². The first-order valence-corrected chi connectivity index (χ1v) is 3.94. The van der Waals surface area contributed by atoms with Gasteiger partial charge in [-0.15, -0.1) is 0 Å². The Bertz CT molecular complexity index is 251. The Kier molecular flexibility index (Phi) is 1.34. The van der Waals surface area contributed by atoms with Gasteiger partial charge in [0.1, 0.15) is 6.33 Å². The van der Waals surface area contributed by atoms with Crippen LogP contribution in [0.2, 0.25) is 0 Å². The van der Waals surface area contributed by atoms with E-state index in [1.807, 2.05) is 0 Å². The molecule has 0 aliphatic heterocycles. The molecule has 60 valence electrons. The van der Waals surface area contributed by atoms with Crippen molar-refractivity contribution in [3.05, 3.63) is 6.33 Å². The molecule has 1 heterocycles. The average Bonchev–Trinajstić information content (AvgIpc) is 2.74. The van der Waals surface area contributed by atoms with E-state index in [4.69, 9.17) is 5.73 Å². The van der Waals surface area contributed by atoms with Gasteiger partial charge in [-0.25, -0.2) is 9.67 Å². The summed E-state index contributed by atoms with van der Waals surface area (Å²) in [5, 5.41) is 4.06. The maximum atomic E-state index is 5.60. The molecule has 0 amide bonds. The van der Waals surface area contributed by atoms with E-state index < -0.39 is 0 Å². The Labute approximate surface area is 65.4 Å². The quantitative estimate of drug-likeness (QED) is 0.683. The number of hydrogen-bond acceptors (Lipinski definition) is 3. The lowest BCUT2D eigenvalue weighted by Gasteiger charge is -2.10. The van der Waals surface area contributed by atoms with E-state index in [9.17, 15) is 0 Å². The van der Waals surface area contributed by atoms with E-state index in [0.717, 1.165) is 5.92 Å². The smallest absolute Gasteiger partial charge is 0.218 e. The van der Waals surface area contributed by atoms with Crippen molar-refractivity contribution < 1.29 is 0 Å². The molecule has 1 aliphatic rings. The molecule has 2 N–H and O–H groups in total. The summed E-state index contributed by atoms with van der Waals surface area (Å²) in [6.45, 7) is 2.14. The summed E-state index contributed by atoms with van der Waals surface area (Å²) in [7, 11) is 0. The van der Waals surface area contributed by atoms with Crippen molar-refractivity contribution in [3.63, 3.8) is 0 Å². The molecule has 1 saturated carbocycles. The van der Waals surface area contributed by atoms with Crippen molar-refractivity contribution >= 4 is 5.95 Å². The maximum absolute atomic E-state index is 5.60. The summed E-state index contributed by atoms with van der Waals surface area (Å²) >= 11 is 0. The standard InChI is InChI=1S/C7H12N4/c1-5(6-2-3-6)11-7(8)9-4-10-11/h4-6H,2-3H2,1H3,(H2,8,9,10)/t5-/m0/s1. The second kappa shape index (κ2) is 2.22. The predicted molar refractivity (Wildman–Crippen MR) is 41.9 cm³/mol. The molecule has 1 fully saturated rings. The van der Waals surface area contributed by atoms with Gasteiger partial charge in [0.25, 0.3) is 0 Å². The number of hydrogen-bond donors (Lipinski definition) is 1. The highest BCUT2D eigenvalue weighted by molar-refractivity contribution is 5.14. The monoisotopic (exact) mass is 152 g/mol. The third-order valence-corrected chi connectivity index (χ3v) is 2.29. The van der Waals surface area contributed by atoms with E-state index in [0.29, 0.717) is 12.0 Å². The van der Waals surface area contributed by atoms with Gasteiger partial charge in [-0.3, -0.25) is 0 Å². The highest BCUT2D eigenvalue weighted by atomic mass is 15.4. The van der Waals surface area contributed by atoms with Gasteiger partial charge < -0.3 is 5.73 Å². The second-order valence-electron chi connectivity index (χ2n) is 3.14. The first-order chi connectivity index (χ1) is 5.29. The van der Waals surface area contributed by atoms with Crippen LogP contribution in [0, 0.1) is 5.92 Å². The van der Waals surface area contributed by atoms with E-state index >= 15 is 0 Å². The molecular formula is C7H12N4. The summed E-state index contributed by atoms with van der Waals surface area (Å²) < 4.78 is 1.80. The minimum absolute atomic E-state index is 0.428. The highest BCUT2D eigenvalue weighted by Crippen LogP contribution is 2.39. The van der Waals surface area contributed by atoms with Crippen molar-refractivity contribution in [2.24, 2.45) is 5.92 Å². The summed E-state index contributed by atoms with van der Waals surface area (Å²) in [6.07, 6.45) is 4.12. The van der Waals surface area contributed by atoms with Gasteiger partial charge >= 0.3 is 0 Å². The molecule has 0 bridgehead atoms. The Morgan fingerprint density at radius 3 is 2.91 bits per heavy atom. The van der Waals surface area contributed by atoms with Gasteiger partial charge in [0.2, 0.25) is 5.95 Å². The Balaban J connectivity index is 2.20. The molecule has 0 spiro atoms. The molecule has 0 aromatic carbocycles. The zero-order valence-electron chi connectivity index (χ0n) is 6.57. The lowest BCUT2D eigenvalue weighted by Crippen LogP contribution is -2.11. The maximum Gasteiger partial charge on any atom is 0.218 e.